The van der Waals surface area contributed by atoms with Crippen LogP contribution in [0.2, 0.25) is 0 Å². The summed E-state index contributed by atoms with van der Waals surface area (Å²) < 4.78 is 18.5. The lowest BCUT2D eigenvalue weighted by atomic mass is 10.1. The Morgan fingerprint density at radius 1 is 0.778 bits per heavy atom. The van der Waals surface area contributed by atoms with Crippen molar-refractivity contribution in [2.75, 3.05) is 45.9 Å². The highest BCUT2D eigenvalue weighted by molar-refractivity contribution is 5.85. The molecule has 0 spiro atoms. The SMILES string of the molecule is Cl.Cl.Fc1ccc(OCCN2CCN(CCCc3ccccc3)CC2)cc1. The molecule has 1 aliphatic heterocycles. The molecule has 0 bridgehead atoms. The van der Waals surface area contributed by atoms with Gasteiger partial charge in [-0.2, -0.15) is 0 Å². The van der Waals surface area contributed by atoms with Gasteiger partial charge in [-0.1, -0.05) is 30.3 Å². The molecule has 1 fully saturated rings. The van der Waals surface area contributed by atoms with Crippen LogP contribution in [0.25, 0.3) is 0 Å². The number of hydrogen-bond donors (Lipinski definition) is 0. The van der Waals surface area contributed by atoms with Crippen molar-refractivity contribution in [1.82, 2.24) is 9.80 Å². The van der Waals surface area contributed by atoms with Crippen LogP contribution in [0, 0.1) is 5.82 Å². The van der Waals surface area contributed by atoms with Crippen LogP contribution in [0.15, 0.2) is 54.6 Å². The van der Waals surface area contributed by atoms with Crippen LogP contribution in [0.5, 0.6) is 5.75 Å². The lowest BCUT2D eigenvalue weighted by Crippen LogP contribution is -2.47. The molecule has 0 N–H and O–H groups in total. The monoisotopic (exact) mass is 414 g/mol. The van der Waals surface area contributed by atoms with Gasteiger partial charge < -0.3 is 9.64 Å². The van der Waals surface area contributed by atoms with E-state index >= 15 is 0 Å². The third-order valence-corrected chi connectivity index (χ3v) is 4.74. The van der Waals surface area contributed by atoms with Crippen LogP contribution in [-0.4, -0.2) is 55.7 Å². The molecule has 1 aliphatic rings. The normalized spacial score (nSPS) is 14.9. The summed E-state index contributed by atoms with van der Waals surface area (Å²) in [7, 11) is 0. The molecule has 150 valence electrons. The zero-order valence-corrected chi connectivity index (χ0v) is 17.2. The van der Waals surface area contributed by atoms with Crippen LogP contribution in [0.1, 0.15) is 12.0 Å². The Labute approximate surface area is 174 Å². The van der Waals surface area contributed by atoms with Crippen molar-refractivity contribution in [3.8, 4) is 5.75 Å². The van der Waals surface area contributed by atoms with E-state index in [1.165, 1.54) is 30.7 Å². The van der Waals surface area contributed by atoms with Gasteiger partial charge in [-0.05, 0) is 49.2 Å². The van der Waals surface area contributed by atoms with Gasteiger partial charge in [0.25, 0.3) is 0 Å². The van der Waals surface area contributed by atoms with E-state index in [-0.39, 0.29) is 30.6 Å². The maximum Gasteiger partial charge on any atom is 0.123 e. The summed E-state index contributed by atoms with van der Waals surface area (Å²) >= 11 is 0. The molecule has 3 rings (SSSR count). The van der Waals surface area contributed by atoms with Crippen molar-refractivity contribution in [2.45, 2.75) is 12.8 Å². The fourth-order valence-electron chi connectivity index (χ4n) is 3.21. The minimum Gasteiger partial charge on any atom is -0.492 e. The number of rotatable bonds is 8. The molecule has 0 unspecified atom stereocenters. The lowest BCUT2D eigenvalue weighted by molar-refractivity contribution is 0.116. The Morgan fingerprint density at radius 3 is 2.00 bits per heavy atom. The second kappa shape index (κ2) is 12.9. The number of ether oxygens (including phenoxy) is 1. The predicted octanol–water partition coefficient (Wildman–Crippen LogP) is 4.30. The molecule has 0 radical (unpaired) electrons. The minimum absolute atomic E-state index is 0. The highest BCUT2D eigenvalue weighted by atomic mass is 35.5. The first-order chi connectivity index (χ1) is 12.3. The Bertz CT molecular complexity index is 620. The molecule has 1 saturated heterocycles. The van der Waals surface area contributed by atoms with Crippen molar-refractivity contribution in [1.29, 1.82) is 0 Å². The molecule has 0 saturated carbocycles. The molecule has 1 heterocycles. The molecule has 27 heavy (non-hydrogen) atoms. The first-order valence-electron chi connectivity index (χ1n) is 9.16. The van der Waals surface area contributed by atoms with Gasteiger partial charge >= 0.3 is 0 Å². The first-order valence-corrected chi connectivity index (χ1v) is 9.16. The van der Waals surface area contributed by atoms with Crippen LogP contribution < -0.4 is 4.74 Å². The van der Waals surface area contributed by atoms with Gasteiger partial charge in [0.1, 0.15) is 18.2 Å². The topological polar surface area (TPSA) is 15.7 Å². The average Bonchev–Trinajstić information content (AvgIpc) is 2.66. The van der Waals surface area contributed by atoms with E-state index in [1.54, 1.807) is 12.1 Å². The van der Waals surface area contributed by atoms with E-state index in [0.717, 1.165) is 44.9 Å². The van der Waals surface area contributed by atoms with E-state index in [1.807, 2.05) is 0 Å². The molecule has 6 heteroatoms. The molecule has 0 amide bonds. The summed E-state index contributed by atoms with van der Waals surface area (Å²) in [6.07, 6.45) is 2.38. The summed E-state index contributed by atoms with van der Waals surface area (Å²) in [5.41, 5.74) is 1.43. The van der Waals surface area contributed by atoms with Crippen molar-refractivity contribution >= 4 is 24.8 Å². The molecule has 2 aromatic rings. The molecule has 3 nitrogen and oxygen atoms in total. The van der Waals surface area contributed by atoms with Gasteiger partial charge in [0, 0.05) is 32.7 Å². The number of piperazine rings is 1. The van der Waals surface area contributed by atoms with E-state index < -0.39 is 0 Å². The third kappa shape index (κ3) is 8.48. The maximum absolute atomic E-state index is 12.9. The van der Waals surface area contributed by atoms with Crippen molar-refractivity contribution in [2.24, 2.45) is 0 Å². The Hall–Kier alpha value is -1.33. The van der Waals surface area contributed by atoms with Crippen LogP contribution in [-0.2, 0) is 6.42 Å². The summed E-state index contributed by atoms with van der Waals surface area (Å²) in [5, 5.41) is 0. The van der Waals surface area contributed by atoms with E-state index in [9.17, 15) is 4.39 Å². The largest absolute Gasteiger partial charge is 0.492 e. The van der Waals surface area contributed by atoms with Crippen LogP contribution in [0.3, 0.4) is 0 Å². The Balaban J connectivity index is 0.00000182. The zero-order valence-electron chi connectivity index (χ0n) is 15.6. The molecule has 2 aromatic carbocycles. The van der Waals surface area contributed by atoms with Gasteiger partial charge in [0.05, 0.1) is 0 Å². The van der Waals surface area contributed by atoms with Crippen LogP contribution >= 0.6 is 24.8 Å². The minimum atomic E-state index is -0.226. The summed E-state index contributed by atoms with van der Waals surface area (Å²) in [4.78, 5) is 5.00. The first kappa shape index (κ1) is 23.7. The fourth-order valence-corrected chi connectivity index (χ4v) is 3.21. The second-order valence-electron chi connectivity index (χ2n) is 6.57. The number of halogens is 3. The summed E-state index contributed by atoms with van der Waals surface area (Å²) in [5.74, 6) is 0.511. The maximum atomic E-state index is 12.9. The predicted molar refractivity (Wildman–Crippen MR) is 114 cm³/mol. The van der Waals surface area contributed by atoms with Crippen LogP contribution in [0.4, 0.5) is 4.39 Å². The molecular formula is C21H29Cl2FN2O. The van der Waals surface area contributed by atoms with Gasteiger partial charge in [0.2, 0.25) is 0 Å². The molecule has 0 aliphatic carbocycles. The lowest BCUT2D eigenvalue weighted by Gasteiger charge is -2.34. The summed E-state index contributed by atoms with van der Waals surface area (Å²) in [6.45, 7) is 7.20. The highest BCUT2D eigenvalue weighted by Crippen LogP contribution is 2.11. The van der Waals surface area contributed by atoms with Crippen molar-refractivity contribution in [3.63, 3.8) is 0 Å². The van der Waals surface area contributed by atoms with Gasteiger partial charge in [0.15, 0.2) is 0 Å². The third-order valence-electron chi connectivity index (χ3n) is 4.74. The molecule has 0 atom stereocenters. The fraction of sp³-hybridized carbons (Fsp3) is 0.429. The number of aryl methyl sites for hydroxylation is 1. The molecule has 0 aromatic heterocycles. The van der Waals surface area contributed by atoms with Gasteiger partial charge in [-0.3, -0.25) is 4.90 Å². The number of nitrogens with zero attached hydrogens (tertiary/aromatic N) is 2. The zero-order chi connectivity index (χ0) is 17.3. The number of hydrogen-bond acceptors (Lipinski definition) is 3. The van der Waals surface area contributed by atoms with Crippen molar-refractivity contribution in [3.05, 3.63) is 66.0 Å². The van der Waals surface area contributed by atoms with Gasteiger partial charge in [-0.25, -0.2) is 4.39 Å². The Kier molecular flexibility index (Phi) is 11.4. The second-order valence-corrected chi connectivity index (χ2v) is 6.57. The standard InChI is InChI=1S/C21H27FN2O.2ClH/c22-20-8-10-21(11-9-20)25-18-17-24-15-13-23(14-16-24)12-4-7-19-5-2-1-3-6-19;;/h1-3,5-6,8-11H,4,7,12-18H2;2*1H. The summed E-state index contributed by atoms with van der Waals surface area (Å²) in [6, 6.07) is 16.9. The quantitative estimate of drug-likeness (QED) is 0.640. The van der Waals surface area contributed by atoms with Gasteiger partial charge in [-0.15, -0.1) is 24.8 Å². The smallest absolute Gasteiger partial charge is 0.123 e. The number of benzene rings is 2. The van der Waals surface area contributed by atoms with E-state index in [0.29, 0.717) is 6.61 Å². The van der Waals surface area contributed by atoms with Crippen molar-refractivity contribution < 1.29 is 9.13 Å². The van der Waals surface area contributed by atoms with E-state index in [2.05, 4.69) is 40.1 Å². The highest BCUT2D eigenvalue weighted by Gasteiger charge is 2.16. The average molecular weight is 415 g/mol. The Morgan fingerprint density at radius 2 is 1.37 bits per heavy atom. The van der Waals surface area contributed by atoms with E-state index in [4.69, 9.17) is 4.74 Å². The molecular weight excluding hydrogens is 386 g/mol.